The second kappa shape index (κ2) is 5.36. The number of halogens is 3. The summed E-state index contributed by atoms with van der Waals surface area (Å²) >= 11 is 3.99. The van der Waals surface area contributed by atoms with Gasteiger partial charge >= 0.3 is 0 Å². The predicted octanol–water partition coefficient (Wildman–Crippen LogP) is 3.64. The molecule has 0 spiro atoms. The maximum atomic E-state index is 13.4. The minimum Gasteiger partial charge on any atom is -0.322 e. The first-order valence-corrected chi connectivity index (χ1v) is 5.66. The van der Waals surface area contributed by atoms with Gasteiger partial charge in [0.1, 0.15) is 17.5 Å². The first-order valence-electron chi connectivity index (χ1n) is 5.21. The topological polar surface area (TPSA) is 29.1 Å². The fourth-order valence-electron chi connectivity index (χ4n) is 1.51. The van der Waals surface area contributed by atoms with E-state index in [0.717, 1.165) is 18.2 Å². The summed E-state index contributed by atoms with van der Waals surface area (Å²) < 4.78 is 39.3. The van der Waals surface area contributed by atoms with Gasteiger partial charge in [-0.05, 0) is 30.3 Å². The Bertz CT molecular complexity index is 626. The van der Waals surface area contributed by atoms with Gasteiger partial charge in [-0.1, -0.05) is 0 Å². The van der Waals surface area contributed by atoms with E-state index in [0.29, 0.717) is 11.0 Å². The molecule has 1 amide bonds. The Morgan fingerprint density at radius 3 is 2.26 bits per heavy atom. The Morgan fingerprint density at radius 1 is 1.00 bits per heavy atom. The van der Waals surface area contributed by atoms with Crippen LogP contribution >= 0.6 is 12.6 Å². The molecule has 0 heterocycles. The molecule has 0 bridgehead atoms. The lowest BCUT2D eigenvalue weighted by molar-refractivity contribution is 0.102. The Hall–Kier alpha value is -1.95. The number of nitrogens with one attached hydrogen (secondary N) is 1. The van der Waals surface area contributed by atoms with Crippen molar-refractivity contribution in [3.8, 4) is 0 Å². The van der Waals surface area contributed by atoms with Crippen LogP contribution in [0.1, 0.15) is 10.4 Å². The molecule has 0 fully saturated rings. The van der Waals surface area contributed by atoms with Gasteiger partial charge < -0.3 is 5.32 Å². The third-order valence-corrected chi connectivity index (χ3v) is 2.59. The summed E-state index contributed by atoms with van der Waals surface area (Å²) in [4.78, 5) is 12.2. The molecular formula is C13H8F3NOS. The van der Waals surface area contributed by atoms with Crippen molar-refractivity contribution < 1.29 is 18.0 Å². The van der Waals surface area contributed by atoms with Gasteiger partial charge in [0.2, 0.25) is 0 Å². The van der Waals surface area contributed by atoms with E-state index in [1.807, 2.05) is 0 Å². The number of rotatable bonds is 2. The maximum absolute atomic E-state index is 13.4. The van der Waals surface area contributed by atoms with Gasteiger partial charge in [-0.3, -0.25) is 4.79 Å². The molecule has 6 heteroatoms. The standard InChI is InChI=1S/C13H8F3NOS/c14-7-3-8(15)5-9(4-7)17-13(18)11-6-10(19)1-2-12(11)16/h1-6,19H,(H,17,18). The van der Waals surface area contributed by atoms with E-state index in [1.165, 1.54) is 12.1 Å². The Morgan fingerprint density at radius 2 is 1.63 bits per heavy atom. The first-order chi connectivity index (χ1) is 8.95. The third-order valence-electron chi connectivity index (χ3n) is 2.31. The van der Waals surface area contributed by atoms with Crippen LogP contribution in [0.15, 0.2) is 41.3 Å². The van der Waals surface area contributed by atoms with Crippen LogP contribution in [0, 0.1) is 17.5 Å². The van der Waals surface area contributed by atoms with Gasteiger partial charge in [0.15, 0.2) is 0 Å². The highest BCUT2D eigenvalue weighted by Gasteiger charge is 2.13. The zero-order valence-electron chi connectivity index (χ0n) is 9.45. The quantitative estimate of drug-likeness (QED) is 0.809. The number of carbonyl (C=O) groups is 1. The smallest absolute Gasteiger partial charge is 0.258 e. The molecule has 98 valence electrons. The van der Waals surface area contributed by atoms with E-state index >= 15 is 0 Å². The molecule has 1 N–H and O–H groups in total. The SMILES string of the molecule is O=C(Nc1cc(F)cc(F)c1)c1cc(S)ccc1F. The first kappa shape index (κ1) is 13.5. The van der Waals surface area contributed by atoms with Crippen LogP contribution in [0.25, 0.3) is 0 Å². The number of anilines is 1. The highest BCUT2D eigenvalue weighted by molar-refractivity contribution is 7.80. The van der Waals surface area contributed by atoms with Crippen LogP contribution < -0.4 is 5.32 Å². The van der Waals surface area contributed by atoms with E-state index in [1.54, 1.807) is 0 Å². The van der Waals surface area contributed by atoms with Crippen molar-refractivity contribution in [1.82, 2.24) is 0 Å². The summed E-state index contributed by atoms with van der Waals surface area (Å²) in [5.74, 6) is -3.22. The largest absolute Gasteiger partial charge is 0.322 e. The summed E-state index contributed by atoms with van der Waals surface area (Å²) in [5, 5.41) is 2.22. The van der Waals surface area contributed by atoms with Crippen molar-refractivity contribution in [2.24, 2.45) is 0 Å². The lowest BCUT2D eigenvalue weighted by atomic mass is 10.2. The average molecular weight is 283 g/mol. The Balaban J connectivity index is 2.28. The van der Waals surface area contributed by atoms with Crippen LogP contribution in [0.2, 0.25) is 0 Å². The van der Waals surface area contributed by atoms with Crippen molar-refractivity contribution in [1.29, 1.82) is 0 Å². The molecule has 0 saturated heterocycles. The van der Waals surface area contributed by atoms with Crippen molar-refractivity contribution >= 4 is 24.2 Å². The van der Waals surface area contributed by atoms with E-state index in [4.69, 9.17) is 0 Å². The van der Waals surface area contributed by atoms with Gasteiger partial charge in [0, 0.05) is 16.6 Å². The molecule has 0 saturated carbocycles. The summed E-state index contributed by atoms with van der Waals surface area (Å²) in [6, 6.07) is 6.24. The number of hydrogen-bond donors (Lipinski definition) is 2. The van der Waals surface area contributed by atoms with Crippen LogP contribution in [0.5, 0.6) is 0 Å². The highest BCUT2D eigenvalue weighted by atomic mass is 32.1. The number of amides is 1. The molecule has 2 nitrogen and oxygen atoms in total. The van der Waals surface area contributed by atoms with Crippen LogP contribution in [-0.4, -0.2) is 5.91 Å². The van der Waals surface area contributed by atoms with Crippen molar-refractivity contribution in [3.05, 3.63) is 59.4 Å². The minimum absolute atomic E-state index is 0.0912. The van der Waals surface area contributed by atoms with Crippen molar-refractivity contribution in [2.75, 3.05) is 5.32 Å². The van der Waals surface area contributed by atoms with Gasteiger partial charge in [0.05, 0.1) is 5.56 Å². The van der Waals surface area contributed by atoms with Crippen LogP contribution in [-0.2, 0) is 0 Å². The Kier molecular flexibility index (Phi) is 3.80. The second-order valence-electron chi connectivity index (χ2n) is 3.78. The number of carbonyl (C=O) groups excluding carboxylic acids is 1. The molecule has 0 aromatic heterocycles. The zero-order valence-corrected chi connectivity index (χ0v) is 10.3. The molecule has 0 unspecified atom stereocenters. The molecule has 0 aliphatic rings. The molecule has 0 radical (unpaired) electrons. The molecule has 2 rings (SSSR count). The van der Waals surface area contributed by atoms with Gasteiger partial charge in [0.25, 0.3) is 5.91 Å². The predicted molar refractivity (Wildman–Crippen MR) is 68.0 cm³/mol. The second-order valence-corrected chi connectivity index (χ2v) is 4.29. The van der Waals surface area contributed by atoms with E-state index in [2.05, 4.69) is 17.9 Å². The fraction of sp³-hybridized carbons (Fsp3) is 0. The van der Waals surface area contributed by atoms with Crippen LogP contribution in [0.3, 0.4) is 0 Å². The monoisotopic (exact) mass is 283 g/mol. The maximum Gasteiger partial charge on any atom is 0.258 e. The number of thiol groups is 1. The molecule has 0 aliphatic heterocycles. The summed E-state index contributed by atoms with van der Waals surface area (Å²) in [7, 11) is 0. The minimum atomic E-state index is -0.835. The number of hydrogen-bond acceptors (Lipinski definition) is 2. The Labute approximate surface area is 112 Å². The zero-order chi connectivity index (χ0) is 14.0. The molecule has 0 aliphatic carbocycles. The third kappa shape index (κ3) is 3.29. The van der Waals surface area contributed by atoms with Crippen LogP contribution in [0.4, 0.5) is 18.9 Å². The normalized spacial score (nSPS) is 10.3. The van der Waals surface area contributed by atoms with E-state index in [9.17, 15) is 18.0 Å². The molecule has 0 atom stereocenters. The van der Waals surface area contributed by atoms with Gasteiger partial charge in [-0.15, -0.1) is 12.6 Å². The molecular weight excluding hydrogens is 275 g/mol. The van der Waals surface area contributed by atoms with Crippen molar-refractivity contribution in [2.45, 2.75) is 4.90 Å². The molecule has 2 aromatic carbocycles. The van der Waals surface area contributed by atoms with Gasteiger partial charge in [-0.25, -0.2) is 13.2 Å². The molecule has 19 heavy (non-hydrogen) atoms. The summed E-state index contributed by atoms with van der Waals surface area (Å²) in [6.07, 6.45) is 0. The van der Waals surface area contributed by atoms with E-state index < -0.39 is 23.4 Å². The summed E-state index contributed by atoms with van der Waals surface area (Å²) in [6.45, 7) is 0. The highest BCUT2D eigenvalue weighted by Crippen LogP contribution is 2.17. The average Bonchev–Trinajstić information content (AvgIpc) is 2.30. The fourth-order valence-corrected chi connectivity index (χ4v) is 1.72. The van der Waals surface area contributed by atoms with Crippen molar-refractivity contribution in [3.63, 3.8) is 0 Å². The molecule has 2 aromatic rings. The van der Waals surface area contributed by atoms with E-state index in [-0.39, 0.29) is 11.3 Å². The number of benzene rings is 2. The summed E-state index contributed by atoms with van der Waals surface area (Å²) in [5.41, 5.74) is -0.344. The lowest BCUT2D eigenvalue weighted by Crippen LogP contribution is -2.14. The lowest BCUT2D eigenvalue weighted by Gasteiger charge is -2.07. The van der Waals surface area contributed by atoms with Gasteiger partial charge in [-0.2, -0.15) is 0 Å².